The van der Waals surface area contributed by atoms with E-state index in [2.05, 4.69) is 10.1 Å². The Morgan fingerprint density at radius 1 is 1.15 bits per heavy atom. The summed E-state index contributed by atoms with van der Waals surface area (Å²) in [6.07, 6.45) is 1.61. The standard InChI is InChI=1S/C19H19N5O2S/c1-13-12-27-18(21-13)23-10-9-22(19(23)26)11-15-3-5-16(6-4-15)17(25)24-14(2)7-8-20-24/h3-8,12H,9-11H2,1-2H3. The number of aromatic nitrogens is 3. The Kier molecular flexibility index (Phi) is 4.49. The number of hydrogen-bond acceptors (Lipinski definition) is 5. The number of urea groups is 1. The van der Waals surface area contributed by atoms with E-state index in [-0.39, 0.29) is 11.9 Å². The lowest BCUT2D eigenvalue weighted by molar-refractivity contribution is 0.0942. The molecule has 0 N–H and O–H groups in total. The van der Waals surface area contributed by atoms with Gasteiger partial charge in [0.2, 0.25) is 0 Å². The maximum Gasteiger partial charge on any atom is 0.326 e. The van der Waals surface area contributed by atoms with Crippen LogP contribution in [0.25, 0.3) is 0 Å². The normalized spacial score (nSPS) is 14.2. The van der Waals surface area contributed by atoms with Crippen molar-refractivity contribution in [3.63, 3.8) is 0 Å². The summed E-state index contributed by atoms with van der Waals surface area (Å²) in [6, 6.07) is 9.09. The summed E-state index contributed by atoms with van der Waals surface area (Å²) in [7, 11) is 0. The first-order chi connectivity index (χ1) is 13.0. The number of benzene rings is 1. The lowest BCUT2D eigenvalue weighted by atomic mass is 10.1. The summed E-state index contributed by atoms with van der Waals surface area (Å²) in [5.74, 6) is -0.161. The van der Waals surface area contributed by atoms with Crippen LogP contribution in [0.5, 0.6) is 0 Å². The van der Waals surface area contributed by atoms with Crippen LogP contribution >= 0.6 is 11.3 Å². The molecule has 8 heteroatoms. The fourth-order valence-corrected chi connectivity index (χ4v) is 3.87. The summed E-state index contributed by atoms with van der Waals surface area (Å²) >= 11 is 1.49. The van der Waals surface area contributed by atoms with Gasteiger partial charge in [-0.2, -0.15) is 5.10 Å². The van der Waals surface area contributed by atoms with Crippen LogP contribution in [0, 0.1) is 13.8 Å². The van der Waals surface area contributed by atoms with Crippen LogP contribution in [0.4, 0.5) is 9.93 Å². The average molecular weight is 381 g/mol. The zero-order valence-corrected chi connectivity index (χ0v) is 15.9. The molecular weight excluding hydrogens is 362 g/mol. The molecule has 1 fully saturated rings. The summed E-state index contributed by atoms with van der Waals surface area (Å²) in [4.78, 5) is 33.0. The molecule has 0 saturated carbocycles. The molecule has 3 aromatic rings. The van der Waals surface area contributed by atoms with Crippen molar-refractivity contribution >= 4 is 28.4 Å². The van der Waals surface area contributed by atoms with E-state index in [1.165, 1.54) is 16.0 Å². The van der Waals surface area contributed by atoms with Crippen LogP contribution in [-0.2, 0) is 6.54 Å². The van der Waals surface area contributed by atoms with Crippen molar-refractivity contribution in [2.24, 2.45) is 0 Å². The van der Waals surface area contributed by atoms with Crippen molar-refractivity contribution in [3.05, 3.63) is 64.4 Å². The van der Waals surface area contributed by atoms with Gasteiger partial charge in [-0.25, -0.2) is 14.5 Å². The van der Waals surface area contributed by atoms with Gasteiger partial charge in [-0.1, -0.05) is 12.1 Å². The molecular formula is C19H19N5O2S. The Hall–Kier alpha value is -3.00. The molecule has 1 aromatic carbocycles. The van der Waals surface area contributed by atoms with Crippen LogP contribution in [0.3, 0.4) is 0 Å². The van der Waals surface area contributed by atoms with E-state index in [0.717, 1.165) is 22.1 Å². The van der Waals surface area contributed by atoms with Crippen molar-refractivity contribution in [3.8, 4) is 0 Å². The first-order valence-electron chi connectivity index (χ1n) is 8.66. The summed E-state index contributed by atoms with van der Waals surface area (Å²) in [5, 5.41) is 6.74. The van der Waals surface area contributed by atoms with E-state index >= 15 is 0 Å². The van der Waals surface area contributed by atoms with Crippen LogP contribution < -0.4 is 4.90 Å². The van der Waals surface area contributed by atoms with E-state index in [0.29, 0.717) is 25.2 Å². The smallest absolute Gasteiger partial charge is 0.318 e. The van der Waals surface area contributed by atoms with Crippen molar-refractivity contribution < 1.29 is 9.59 Å². The van der Waals surface area contributed by atoms with Crippen LogP contribution in [0.2, 0.25) is 0 Å². The van der Waals surface area contributed by atoms with Gasteiger partial charge in [-0.05, 0) is 37.6 Å². The topological polar surface area (TPSA) is 71.3 Å². The van der Waals surface area contributed by atoms with Crippen molar-refractivity contribution in [1.29, 1.82) is 0 Å². The SMILES string of the molecule is Cc1csc(N2CCN(Cc3ccc(C(=O)n4nccc4C)cc3)C2=O)n1. The molecule has 2 aromatic heterocycles. The van der Waals surface area contributed by atoms with Gasteiger partial charge in [0.15, 0.2) is 5.13 Å². The largest absolute Gasteiger partial charge is 0.326 e. The number of nitrogens with zero attached hydrogens (tertiary/aromatic N) is 5. The Balaban J connectivity index is 1.44. The van der Waals surface area contributed by atoms with Gasteiger partial charge in [0.05, 0.1) is 5.69 Å². The van der Waals surface area contributed by atoms with Gasteiger partial charge in [0, 0.05) is 42.5 Å². The Morgan fingerprint density at radius 2 is 1.93 bits per heavy atom. The molecule has 27 heavy (non-hydrogen) atoms. The molecule has 0 radical (unpaired) electrons. The second kappa shape index (κ2) is 6.96. The molecule has 4 rings (SSSR count). The fraction of sp³-hybridized carbons (Fsp3) is 0.263. The maximum absolute atomic E-state index is 12.6. The van der Waals surface area contributed by atoms with Crippen molar-refractivity contribution in [1.82, 2.24) is 19.7 Å². The highest BCUT2D eigenvalue weighted by atomic mass is 32.1. The van der Waals surface area contributed by atoms with E-state index in [4.69, 9.17) is 0 Å². The second-order valence-corrected chi connectivity index (χ2v) is 7.35. The first-order valence-corrected chi connectivity index (χ1v) is 9.54. The Labute approximate surface area is 160 Å². The van der Waals surface area contributed by atoms with Gasteiger partial charge < -0.3 is 4.90 Å². The lowest BCUT2D eigenvalue weighted by Gasteiger charge is -2.17. The number of carbonyl (C=O) groups excluding carboxylic acids is 2. The number of carbonyl (C=O) groups is 2. The minimum absolute atomic E-state index is 0.0309. The van der Waals surface area contributed by atoms with Crippen LogP contribution in [-0.4, -0.2) is 44.7 Å². The molecule has 0 aliphatic carbocycles. The number of rotatable bonds is 4. The quantitative estimate of drug-likeness (QED) is 0.696. The third kappa shape index (κ3) is 3.35. The fourth-order valence-electron chi connectivity index (χ4n) is 3.05. The first kappa shape index (κ1) is 17.4. The van der Waals surface area contributed by atoms with Gasteiger partial charge in [0.1, 0.15) is 0 Å². The van der Waals surface area contributed by atoms with E-state index in [1.807, 2.05) is 31.4 Å². The molecule has 3 heterocycles. The predicted molar refractivity (Wildman–Crippen MR) is 103 cm³/mol. The highest BCUT2D eigenvalue weighted by Gasteiger charge is 2.31. The number of aryl methyl sites for hydroxylation is 2. The number of thiazole rings is 1. The van der Waals surface area contributed by atoms with Crippen molar-refractivity contribution in [2.45, 2.75) is 20.4 Å². The highest BCUT2D eigenvalue weighted by Crippen LogP contribution is 2.25. The molecule has 1 aliphatic heterocycles. The van der Waals surface area contributed by atoms with Gasteiger partial charge in [-0.15, -0.1) is 11.3 Å². The second-order valence-electron chi connectivity index (χ2n) is 6.51. The molecule has 1 saturated heterocycles. The van der Waals surface area contributed by atoms with Gasteiger partial charge in [0.25, 0.3) is 5.91 Å². The third-order valence-electron chi connectivity index (χ3n) is 4.53. The highest BCUT2D eigenvalue weighted by molar-refractivity contribution is 7.14. The number of anilines is 1. The monoisotopic (exact) mass is 381 g/mol. The molecule has 0 unspecified atom stereocenters. The number of hydrogen-bond donors (Lipinski definition) is 0. The zero-order chi connectivity index (χ0) is 19.0. The Bertz CT molecular complexity index is 992. The number of amides is 2. The molecule has 2 amide bonds. The molecule has 138 valence electrons. The average Bonchev–Trinajstić information content (AvgIpc) is 3.37. The van der Waals surface area contributed by atoms with E-state index < -0.39 is 0 Å². The van der Waals surface area contributed by atoms with E-state index in [1.54, 1.807) is 34.2 Å². The molecule has 7 nitrogen and oxygen atoms in total. The summed E-state index contributed by atoms with van der Waals surface area (Å²) < 4.78 is 1.38. The lowest BCUT2D eigenvalue weighted by Crippen LogP contribution is -2.31. The Morgan fingerprint density at radius 3 is 2.56 bits per heavy atom. The summed E-state index contributed by atoms with van der Waals surface area (Å²) in [6.45, 7) is 5.57. The van der Waals surface area contributed by atoms with Gasteiger partial charge >= 0.3 is 6.03 Å². The van der Waals surface area contributed by atoms with Crippen LogP contribution in [0.1, 0.15) is 27.3 Å². The maximum atomic E-state index is 12.6. The molecule has 0 spiro atoms. The van der Waals surface area contributed by atoms with E-state index in [9.17, 15) is 9.59 Å². The predicted octanol–water partition coefficient (Wildman–Crippen LogP) is 3.09. The van der Waals surface area contributed by atoms with Crippen molar-refractivity contribution in [2.75, 3.05) is 18.0 Å². The molecule has 1 aliphatic rings. The van der Waals surface area contributed by atoms with Crippen LogP contribution in [0.15, 0.2) is 41.9 Å². The summed E-state index contributed by atoms with van der Waals surface area (Å²) in [5.41, 5.74) is 3.27. The third-order valence-corrected chi connectivity index (χ3v) is 5.51. The van der Waals surface area contributed by atoms with Gasteiger partial charge in [-0.3, -0.25) is 9.69 Å². The minimum Gasteiger partial charge on any atom is -0.318 e. The zero-order valence-electron chi connectivity index (χ0n) is 15.1. The minimum atomic E-state index is -0.161. The molecule has 0 bridgehead atoms. The molecule has 0 atom stereocenters.